The summed E-state index contributed by atoms with van der Waals surface area (Å²) in [5.41, 5.74) is 0. The molecule has 0 aromatic carbocycles. The van der Waals surface area contributed by atoms with Crippen LogP contribution in [0.4, 0.5) is 0 Å². The van der Waals surface area contributed by atoms with Gasteiger partial charge in [-0.25, -0.2) is 0 Å². The molecule has 0 aromatic heterocycles. The van der Waals surface area contributed by atoms with Gasteiger partial charge < -0.3 is 19.3 Å². The number of aliphatic hydroxyl groups is 1. The first-order chi connectivity index (χ1) is 21.5. The first-order valence-corrected chi connectivity index (χ1v) is 18.1. The minimum atomic E-state index is -0.987. The van der Waals surface area contributed by atoms with E-state index >= 15 is 0 Å². The molecule has 0 aromatic rings. The van der Waals surface area contributed by atoms with Gasteiger partial charge in [0.15, 0.2) is 0 Å². The summed E-state index contributed by atoms with van der Waals surface area (Å²) in [5, 5.41) is 9.97. The van der Waals surface area contributed by atoms with Crippen LogP contribution < -0.4 is 0 Å². The fourth-order valence-electron chi connectivity index (χ4n) is 5.09. The average Bonchev–Trinajstić information content (AvgIpc) is 3.78. The highest BCUT2D eigenvalue weighted by Gasteiger charge is 2.36. The van der Waals surface area contributed by atoms with E-state index in [0.717, 1.165) is 50.9 Å². The van der Waals surface area contributed by atoms with Crippen molar-refractivity contribution in [3.63, 3.8) is 0 Å². The highest BCUT2D eigenvalue weighted by Crippen LogP contribution is 2.30. The third-order valence-corrected chi connectivity index (χ3v) is 8.34. The minimum absolute atomic E-state index is 0.136. The van der Waals surface area contributed by atoms with Crippen molar-refractivity contribution in [2.45, 2.75) is 174 Å². The van der Waals surface area contributed by atoms with Crippen LogP contribution >= 0.6 is 0 Å². The molecular formula is C38H66O6. The van der Waals surface area contributed by atoms with Crippen molar-refractivity contribution >= 4 is 11.9 Å². The summed E-state index contributed by atoms with van der Waals surface area (Å²) in [5.74, 6) is 0.218. The van der Waals surface area contributed by atoms with E-state index in [1.54, 1.807) is 0 Å². The Balaban J connectivity index is 1.88. The Labute approximate surface area is 270 Å². The molecule has 1 fully saturated rings. The van der Waals surface area contributed by atoms with Gasteiger partial charge in [-0.15, -0.1) is 0 Å². The van der Waals surface area contributed by atoms with E-state index in [2.05, 4.69) is 57.2 Å². The zero-order valence-corrected chi connectivity index (χ0v) is 28.5. The van der Waals surface area contributed by atoms with Gasteiger partial charge in [0.2, 0.25) is 0 Å². The maximum absolute atomic E-state index is 11.9. The third kappa shape index (κ3) is 25.4. The second-order valence-corrected chi connectivity index (χ2v) is 12.6. The summed E-state index contributed by atoms with van der Waals surface area (Å²) in [6, 6.07) is 0. The predicted octanol–water partition coefficient (Wildman–Crippen LogP) is 9.74. The third-order valence-electron chi connectivity index (χ3n) is 8.34. The molecule has 6 heteroatoms. The van der Waals surface area contributed by atoms with E-state index in [0.29, 0.717) is 31.5 Å². The van der Waals surface area contributed by atoms with Crippen LogP contribution in [0.1, 0.15) is 156 Å². The van der Waals surface area contributed by atoms with Crippen LogP contribution in [-0.2, 0) is 23.8 Å². The quantitative estimate of drug-likeness (QED) is 0.0373. The zero-order chi connectivity index (χ0) is 32.1. The molecule has 0 saturated carbocycles. The maximum atomic E-state index is 11.9. The highest BCUT2D eigenvalue weighted by molar-refractivity contribution is 5.69. The molecule has 1 rings (SSSR count). The molecule has 44 heavy (non-hydrogen) atoms. The summed E-state index contributed by atoms with van der Waals surface area (Å²) in [6.07, 6.45) is 35.1. The van der Waals surface area contributed by atoms with Crippen LogP contribution in [0.15, 0.2) is 36.5 Å². The van der Waals surface area contributed by atoms with Crippen LogP contribution in [0, 0.1) is 5.92 Å². The van der Waals surface area contributed by atoms with Crippen LogP contribution in [0.2, 0.25) is 0 Å². The van der Waals surface area contributed by atoms with Crippen molar-refractivity contribution in [1.29, 1.82) is 0 Å². The first-order valence-electron chi connectivity index (χ1n) is 18.1. The number of aliphatic hydroxyl groups excluding tert-OH is 1. The van der Waals surface area contributed by atoms with Gasteiger partial charge in [-0.05, 0) is 50.9 Å². The van der Waals surface area contributed by atoms with Crippen LogP contribution in [-0.4, -0.2) is 48.6 Å². The van der Waals surface area contributed by atoms with Crippen molar-refractivity contribution in [3.8, 4) is 0 Å². The van der Waals surface area contributed by atoms with Gasteiger partial charge in [-0.3, -0.25) is 9.59 Å². The Bertz CT molecular complexity index is 788. The molecule has 1 aliphatic rings. The number of epoxide rings is 1. The molecule has 0 amide bonds. The molecule has 0 aliphatic carbocycles. The van der Waals surface area contributed by atoms with Crippen molar-refractivity contribution < 1.29 is 28.9 Å². The lowest BCUT2D eigenvalue weighted by molar-refractivity contribution is -0.152. The minimum Gasteiger partial charge on any atom is -0.463 e. The van der Waals surface area contributed by atoms with Crippen LogP contribution in [0.5, 0.6) is 0 Å². The fraction of sp³-hybridized carbons (Fsp3) is 0.789. The Morgan fingerprint density at radius 1 is 0.705 bits per heavy atom. The molecule has 1 heterocycles. The number of unbranched alkanes of at least 4 members (excludes halogenated alkanes) is 10. The van der Waals surface area contributed by atoms with Gasteiger partial charge in [0, 0.05) is 12.8 Å². The largest absolute Gasteiger partial charge is 0.463 e. The second-order valence-electron chi connectivity index (χ2n) is 12.6. The lowest BCUT2D eigenvalue weighted by Crippen LogP contribution is -2.25. The molecule has 0 bridgehead atoms. The zero-order valence-electron chi connectivity index (χ0n) is 28.5. The van der Waals surface area contributed by atoms with Crippen molar-refractivity contribution in [1.82, 2.24) is 0 Å². The number of ether oxygens (including phenoxy) is 3. The number of carbonyl (C=O) groups excluding carboxylic acids is 2. The SMILES string of the molecule is CCCCCC1OC1C/C=C\C/C=C\C/C=C\CCCC(=O)OC[C@@H](O)COC(=O)CCCCCCCCCCC(C)CC. The van der Waals surface area contributed by atoms with Crippen molar-refractivity contribution in [3.05, 3.63) is 36.5 Å². The standard InChI is InChI=1S/C38H66O6/c1-4-6-21-27-35-36(44-35)28-23-18-14-9-7-8-10-15-19-24-29-37(40)42-31-34(39)32-43-38(41)30-25-20-16-12-11-13-17-22-26-33(3)5-2/h7,9-10,15,18,23,33-36,39H,4-6,8,11-14,16-17,19-22,24-32H2,1-3H3/b9-7-,15-10-,23-18-/t33?,34-,35?,36?/m1/s1. The summed E-state index contributed by atoms with van der Waals surface area (Å²) >= 11 is 0. The first kappa shape index (κ1) is 40.1. The summed E-state index contributed by atoms with van der Waals surface area (Å²) in [7, 11) is 0. The Morgan fingerprint density at radius 2 is 1.27 bits per heavy atom. The Kier molecular flexibility index (Phi) is 26.0. The fourth-order valence-corrected chi connectivity index (χ4v) is 5.09. The van der Waals surface area contributed by atoms with Gasteiger partial charge in [0.1, 0.15) is 19.3 Å². The number of esters is 2. The van der Waals surface area contributed by atoms with E-state index in [-0.39, 0.29) is 25.2 Å². The Morgan fingerprint density at radius 3 is 1.91 bits per heavy atom. The van der Waals surface area contributed by atoms with Crippen LogP contribution in [0.25, 0.3) is 0 Å². The smallest absolute Gasteiger partial charge is 0.305 e. The lowest BCUT2D eigenvalue weighted by Gasteiger charge is -2.12. The summed E-state index contributed by atoms with van der Waals surface area (Å²) in [4.78, 5) is 23.8. The molecule has 4 atom stereocenters. The maximum Gasteiger partial charge on any atom is 0.305 e. The normalized spacial score (nSPS) is 17.9. The van der Waals surface area contributed by atoms with E-state index in [9.17, 15) is 14.7 Å². The Hall–Kier alpha value is -1.92. The van der Waals surface area contributed by atoms with Crippen molar-refractivity contribution in [2.24, 2.45) is 5.92 Å². The van der Waals surface area contributed by atoms with Gasteiger partial charge in [0.25, 0.3) is 0 Å². The molecule has 0 radical (unpaired) electrons. The lowest BCUT2D eigenvalue weighted by atomic mass is 9.99. The molecule has 0 spiro atoms. The number of hydrogen-bond donors (Lipinski definition) is 1. The number of carbonyl (C=O) groups is 2. The number of allylic oxidation sites excluding steroid dienone is 5. The second kappa shape index (κ2) is 28.5. The number of rotatable bonds is 30. The van der Waals surface area contributed by atoms with E-state index in [4.69, 9.17) is 14.2 Å². The molecule has 3 unspecified atom stereocenters. The molecule has 1 N–H and O–H groups in total. The molecule has 254 valence electrons. The van der Waals surface area contributed by atoms with Gasteiger partial charge in [-0.1, -0.05) is 134 Å². The van der Waals surface area contributed by atoms with Crippen LogP contribution in [0.3, 0.4) is 0 Å². The highest BCUT2D eigenvalue weighted by atomic mass is 16.6. The van der Waals surface area contributed by atoms with Gasteiger partial charge in [0.05, 0.1) is 12.2 Å². The molecular weight excluding hydrogens is 552 g/mol. The van der Waals surface area contributed by atoms with Crippen molar-refractivity contribution in [2.75, 3.05) is 13.2 Å². The van der Waals surface area contributed by atoms with E-state index in [1.165, 1.54) is 70.6 Å². The van der Waals surface area contributed by atoms with E-state index < -0.39 is 6.10 Å². The van der Waals surface area contributed by atoms with E-state index in [1.807, 2.05) is 0 Å². The van der Waals surface area contributed by atoms with Gasteiger partial charge in [-0.2, -0.15) is 0 Å². The monoisotopic (exact) mass is 618 g/mol. The molecule has 1 saturated heterocycles. The molecule has 6 nitrogen and oxygen atoms in total. The predicted molar refractivity (Wildman–Crippen MR) is 181 cm³/mol. The number of hydrogen-bond acceptors (Lipinski definition) is 6. The van der Waals surface area contributed by atoms with Gasteiger partial charge >= 0.3 is 11.9 Å². The summed E-state index contributed by atoms with van der Waals surface area (Å²) < 4.78 is 16.0. The molecule has 1 aliphatic heterocycles. The average molecular weight is 619 g/mol. The topological polar surface area (TPSA) is 85.4 Å². The summed E-state index contributed by atoms with van der Waals surface area (Å²) in [6.45, 7) is 6.54.